The van der Waals surface area contributed by atoms with Gasteiger partial charge in [-0.3, -0.25) is 4.57 Å². The van der Waals surface area contributed by atoms with Gasteiger partial charge in [0.25, 0.3) is 0 Å². The maximum Gasteiger partial charge on any atom is 0.144 e. The monoisotopic (exact) mass is 424 g/mol. The van der Waals surface area contributed by atoms with Gasteiger partial charge in [-0.1, -0.05) is 95.6 Å². The normalized spacial score (nSPS) is 10.9. The zero-order chi connectivity index (χ0) is 23.3. The van der Waals surface area contributed by atoms with E-state index in [0.717, 1.165) is 11.4 Å². The van der Waals surface area contributed by atoms with Crippen molar-refractivity contribution in [1.29, 1.82) is 0 Å². The minimum absolute atomic E-state index is 0.397. The first-order valence-electron chi connectivity index (χ1n) is 11.8. The molecule has 0 aliphatic carbocycles. The van der Waals surface area contributed by atoms with Crippen molar-refractivity contribution in [3.05, 3.63) is 95.8 Å². The average Bonchev–Trinajstić information content (AvgIpc) is 3.29. The van der Waals surface area contributed by atoms with Crippen molar-refractivity contribution in [2.24, 2.45) is 0 Å². The third-order valence-electron chi connectivity index (χ3n) is 5.68. The summed E-state index contributed by atoms with van der Waals surface area (Å²) >= 11 is 0. The molecular formula is C30H36N2. The van der Waals surface area contributed by atoms with Crippen LogP contribution in [0.25, 0.3) is 28.2 Å². The number of nitrogens with zero attached hydrogens (tertiary/aromatic N) is 2. The largest absolute Gasteiger partial charge is 0.299 e. The smallest absolute Gasteiger partial charge is 0.144 e. The Bertz CT molecular complexity index is 1120. The summed E-state index contributed by atoms with van der Waals surface area (Å²) < 4.78 is 2.29. The van der Waals surface area contributed by atoms with Gasteiger partial charge in [0.1, 0.15) is 5.82 Å². The topological polar surface area (TPSA) is 17.8 Å². The van der Waals surface area contributed by atoms with E-state index in [4.69, 9.17) is 4.98 Å². The van der Waals surface area contributed by atoms with Crippen LogP contribution in [0, 0.1) is 6.92 Å². The molecule has 166 valence electrons. The van der Waals surface area contributed by atoms with Crippen LogP contribution in [-0.2, 0) is 0 Å². The third-order valence-corrected chi connectivity index (χ3v) is 5.68. The molecule has 3 aromatic carbocycles. The highest BCUT2D eigenvalue weighted by Crippen LogP contribution is 2.37. The molecule has 0 bridgehead atoms. The van der Waals surface area contributed by atoms with E-state index in [2.05, 4.69) is 112 Å². The van der Waals surface area contributed by atoms with Crippen LogP contribution in [0.2, 0.25) is 0 Å². The number of aromatic nitrogens is 2. The summed E-state index contributed by atoms with van der Waals surface area (Å²) in [5.74, 6) is 1.79. The van der Waals surface area contributed by atoms with Gasteiger partial charge >= 0.3 is 0 Å². The second-order valence-electron chi connectivity index (χ2n) is 8.67. The van der Waals surface area contributed by atoms with E-state index >= 15 is 0 Å². The molecule has 2 heteroatoms. The van der Waals surface area contributed by atoms with Crippen molar-refractivity contribution in [3.63, 3.8) is 0 Å². The molecule has 0 spiro atoms. The second kappa shape index (κ2) is 10.5. The van der Waals surface area contributed by atoms with Crippen molar-refractivity contribution in [2.75, 3.05) is 0 Å². The Labute approximate surface area is 194 Å². The zero-order valence-electron chi connectivity index (χ0n) is 20.6. The lowest BCUT2D eigenvalue weighted by Gasteiger charge is -2.23. The summed E-state index contributed by atoms with van der Waals surface area (Å²) in [7, 11) is 0. The highest BCUT2D eigenvalue weighted by molar-refractivity contribution is 5.71. The molecule has 1 heterocycles. The van der Waals surface area contributed by atoms with Gasteiger partial charge in [0.2, 0.25) is 0 Å². The number of benzene rings is 3. The molecule has 2 nitrogen and oxygen atoms in total. The number of rotatable bonds is 5. The number of hydrogen-bond donors (Lipinski definition) is 0. The first kappa shape index (κ1) is 23.5. The summed E-state index contributed by atoms with van der Waals surface area (Å²) in [4.78, 5) is 4.75. The Balaban J connectivity index is 0.00000141. The number of hydrogen-bond acceptors (Lipinski definition) is 1. The van der Waals surface area contributed by atoms with Crippen LogP contribution in [-0.4, -0.2) is 9.55 Å². The molecule has 0 aliphatic rings. The molecule has 32 heavy (non-hydrogen) atoms. The summed E-state index contributed by atoms with van der Waals surface area (Å²) in [5.41, 5.74) is 8.92. The minimum atomic E-state index is 0.397. The van der Waals surface area contributed by atoms with Crippen molar-refractivity contribution < 1.29 is 0 Å². The van der Waals surface area contributed by atoms with Crippen LogP contribution in [0.5, 0.6) is 0 Å². The molecule has 0 N–H and O–H groups in total. The fourth-order valence-corrected chi connectivity index (χ4v) is 4.12. The fraction of sp³-hybridized carbons (Fsp3) is 0.300. The van der Waals surface area contributed by atoms with Crippen LogP contribution < -0.4 is 0 Å². The fourth-order valence-electron chi connectivity index (χ4n) is 4.12. The SMILES string of the molecule is CC.Cc1cccc(-c2nccn2-c2c(C(C)C)cc(-c3ccccc3)cc2C(C)C)c1. The minimum Gasteiger partial charge on any atom is -0.299 e. The molecule has 0 aliphatic heterocycles. The van der Waals surface area contributed by atoms with Crippen LogP contribution in [0.4, 0.5) is 0 Å². The third kappa shape index (κ3) is 4.85. The first-order chi connectivity index (χ1) is 15.5. The lowest BCUT2D eigenvalue weighted by Crippen LogP contribution is -2.08. The Kier molecular flexibility index (Phi) is 7.69. The van der Waals surface area contributed by atoms with Crippen molar-refractivity contribution in [1.82, 2.24) is 9.55 Å². The van der Waals surface area contributed by atoms with Crippen molar-refractivity contribution in [3.8, 4) is 28.2 Å². The molecule has 0 atom stereocenters. The summed E-state index contributed by atoms with van der Waals surface area (Å²) in [6, 6.07) is 24.0. The average molecular weight is 425 g/mol. The molecule has 1 aromatic heterocycles. The molecule has 0 amide bonds. The summed E-state index contributed by atoms with van der Waals surface area (Å²) in [5, 5.41) is 0. The van der Waals surface area contributed by atoms with E-state index in [-0.39, 0.29) is 0 Å². The lowest BCUT2D eigenvalue weighted by atomic mass is 9.88. The summed E-state index contributed by atoms with van der Waals surface area (Å²) in [6.07, 6.45) is 4.02. The summed E-state index contributed by atoms with van der Waals surface area (Å²) in [6.45, 7) is 15.2. The van der Waals surface area contributed by atoms with Crippen LogP contribution in [0.1, 0.15) is 70.1 Å². The van der Waals surface area contributed by atoms with E-state index in [1.165, 1.54) is 33.5 Å². The van der Waals surface area contributed by atoms with E-state index in [1.54, 1.807) is 0 Å². The van der Waals surface area contributed by atoms with Gasteiger partial charge in [0, 0.05) is 18.0 Å². The maximum atomic E-state index is 4.75. The van der Waals surface area contributed by atoms with Gasteiger partial charge in [0.05, 0.1) is 5.69 Å². The van der Waals surface area contributed by atoms with Gasteiger partial charge in [-0.05, 0) is 59.2 Å². The predicted octanol–water partition coefficient (Wildman–Crippen LogP) is 8.79. The highest BCUT2D eigenvalue weighted by atomic mass is 15.1. The van der Waals surface area contributed by atoms with Crippen LogP contribution in [0.3, 0.4) is 0 Å². The van der Waals surface area contributed by atoms with E-state index in [1.807, 2.05) is 20.0 Å². The maximum absolute atomic E-state index is 4.75. The molecule has 0 saturated carbocycles. The number of imidazole rings is 1. The lowest BCUT2D eigenvalue weighted by molar-refractivity contribution is 0.807. The van der Waals surface area contributed by atoms with Crippen molar-refractivity contribution in [2.45, 2.75) is 60.3 Å². The Morgan fingerprint density at radius 3 is 1.84 bits per heavy atom. The van der Waals surface area contributed by atoms with Crippen molar-refractivity contribution >= 4 is 0 Å². The Morgan fingerprint density at radius 1 is 0.688 bits per heavy atom. The standard InChI is InChI=1S/C28H30N2.C2H6/c1-19(2)25-17-24(22-11-7-6-8-12-22)18-26(20(3)4)27(25)30-15-14-29-28(30)23-13-9-10-21(5)16-23;1-2/h6-20H,1-5H3;1-2H3. The van der Waals surface area contributed by atoms with Gasteiger partial charge in [-0.2, -0.15) is 0 Å². The van der Waals surface area contributed by atoms with Gasteiger partial charge in [0.15, 0.2) is 0 Å². The molecule has 4 rings (SSSR count). The second-order valence-corrected chi connectivity index (χ2v) is 8.67. The highest BCUT2D eigenvalue weighted by Gasteiger charge is 2.20. The Hall–Kier alpha value is -3.13. The van der Waals surface area contributed by atoms with Gasteiger partial charge in [-0.15, -0.1) is 0 Å². The van der Waals surface area contributed by atoms with Crippen LogP contribution in [0.15, 0.2) is 79.1 Å². The number of aryl methyl sites for hydroxylation is 1. The van der Waals surface area contributed by atoms with E-state index in [9.17, 15) is 0 Å². The molecule has 0 radical (unpaired) electrons. The molecule has 0 fully saturated rings. The van der Waals surface area contributed by atoms with E-state index in [0.29, 0.717) is 11.8 Å². The Morgan fingerprint density at radius 2 is 1.28 bits per heavy atom. The molecule has 4 aromatic rings. The first-order valence-corrected chi connectivity index (χ1v) is 11.8. The predicted molar refractivity (Wildman–Crippen MR) is 139 cm³/mol. The molecule has 0 unspecified atom stereocenters. The zero-order valence-corrected chi connectivity index (χ0v) is 20.6. The quantitative estimate of drug-likeness (QED) is 0.313. The molecular weight excluding hydrogens is 388 g/mol. The van der Waals surface area contributed by atoms with E-state index < -0.39 is 0 Å². The van der Waals surface area contributed by atoms with Crippen LogP contribution >= 0.6 is 0 Å². The molecule has 0 saturated heterocycles. The van der Waals surface area contributed by atoms with Gasteiger partial charge in [-0.25, -0.2) is 4.98 Å². The van der Waals surface area contributed by atoms with Gasteiger partial charge < -0.3 is 0 Å².